The minimum absolute atomic E-state index is 0.104. The molecule has 8 heteroatoms. The second kappa shape index (κ2) is 11.6. The van der Waals surface area contributed by atoms with E-state index < -0.39 is 24.3 Å². The molecule has 8 nitrogen and oxygen atoms in total. The van der Waals surface area contributed by atoms with Crippen LogP contribution >= 0.6 is 0 Å². The third kappa shape index (κ3) is 7.35. The van der Waals surface area contributed by atoms with Crippen molar-refractivity contribution in [1.29, 1.82) is 0 Å². The van der Waals surface area contributed by atoms with Gasteiger partial charge >= 0.3 is 12.1 Å². The minimum atomic E-state index is -1.04. The van der Waals surface area contributed by atoms with Crippen molar-refractivity contribution in [2.75, 3.05) is 19.5 Å². The Balaban J connectivity index is 2.22. The van der Waals surface area contributed by atoms with Crippen LogP contribution in [0.2, 0.25) is 0 Å². The number of aromatic hydroxyl groups is 1. The fourth-order valence-corrected chi connectivity index (χ4v) is 2.98. The quantitative estimate of drug-likeness (QED) is 0.479. The first kappa shape index (κ1) is 23.8. The molecule has 0 heterocycles. The van der Waals surface area contributed by atoms with Crippen LogP contribution in [0.15, 0.2) is 54.6 Å². The fraction of sp³-hybridized carbons (Fsp3) is 0.304. The monoisotopic (exact) mass is 429 g/mol. The number of rotatable bonds is 10. The summed E-state index contributed by atoms with van der Waals surface area (Å²) < 4.78 is 16.3. The molecule has 0 aliphatic heterocycles. The fourth-order valence-electron chi connectivity index (χ4n) is 2.98. The number of phenols is 1. The summed E-state index contributed by atoms with van der Waals surface area (Å²) in [5, 5.41) is 21.6. The molecular weight excluding hydrogens is 402 g/mol. The maximum atomic E-state index is 12.6. The lowest BCUT2D eigenvalue weighted by Gasteiger charge is -2.26. The highest BCUT2D eigenvalue weighted by Gasteiger charge is 2.28. The SMILES string of the molecule is COc1ccc([C@H](OC(=O)Nc2ccc(C)cc2)[C@H](CC/C=C/C(=O)O)OC)cc1O. The summed E-state index contributed by atoms with van der Waals surface area (Å²) in [6.45, 7) is 1.94. The first-order chi connectivity index (χ1) is 14.8. The van der Waals surface area contributed by atoms with Gasteiger partial charge in [-0.2, -0.15) is 0 Å². The van der Waals surface area contributed by atoms with E-state index in [1.807, 2.05) is 19.1 Å². The maximum absolute atomic E-state index is 12.6. The lowest BCUT2D eigenvalue weighted by Crippen LogP contribution is -2.28. The van der Waals surface area contributed by atoms with Gasteiger partial charge in [0.15, 0.2) is 17.6 Å². The third-order valence-electron chi connectivity index (χ3n) is 4.58. The molecule has 2 atom stereocenters. The zero-order chi connectivity index (χ0) is 22.8. The molecule has 0 bridgehead atoms. The average molecular weight is 429 g/mol. The van der Waals surface area contributed by atoms with E-state index in [9.17, 15) is 14.7 Å². The van der Waals surface area contributed by atoms with Gasteiger partial charge in [0.25, 0.3) is 0 Å². The second-order valence-electron chi connectivity index (χ2n) is 6.84. The number of carbonyl (C=O) groups is 2. The molecule has 0 unspecified atom stereocenters. The topological polar surface area (TPSA) is 114 Å². The summed E-state index contributed by atoms with van der Waals surface area (Å²) in [7, 11) is 2.91. The molecule has 0 aromatic heterocycles. The Morgan fingerprint density at radius 2 is 1.84 bits per heavy atom. The number of hydrogen-bond donors (Lipinski definition) is 3. The van der Waals surface area contributed by atoms with Crippen LogP contribution < -0.4 is 10.1 Å². The van der Waals surface area contributed by atoms with Gasteiger partial charge in [0.05, 0.1) is 13.2 Å². The summed E-state index contributed by atoms with van der Waals surface area (Å²) in [6, 6.07) is 11.9. The van der Waals surface area contributed by atoms with Crippen molar-refractivity contribution in [3.63, 3.8) is 0 Å². The number of amides is 1. The van der Waals surface area contributed by atoms with Gasteiger partial charge in [0, 0.05) is 18.9 Å². The van der Waals surface area contributed by atoms with Crippen LogP contribution in [0.4, 0.5) is 10.5 Å². The van der Waals surface area contributed by atoms with Crippen LogP contribution in [0, 0.1) is 6.92 Å². The average Bonchev–Trinajstić information content (AvgIpc) is 2.74. The van der Waals surface area contributed by atoms with Crippen molar-refractivity contribution >= 4 is 17.7 Å². The summed E-state index contributed by atoms with van der Waals surface area (Å²) in [5.41, 5.74) is 2.14. The molecule has 0 aliphatic carbocycles. The molecule has 31 heavy (non-hydrogen) atoms. The van der Waals surface area contributed by atoms with Gasteiger partial charge in [0.2, 0.25) is 0 Å². The van der Waals surface area contributed by atoms with Gasteiger partial charge in [0.1, 0.15) is 0 Å². The van der Waals surface area contributed by atoms with Gasteiger partial charge in [-0.25, -0.2) is 9.59 Å². The molecule has 2 aromatic rings. The highest BCUT2D eigenvalue weighted by Crippen LogP contribution is 2.33. The zero-order valence-electron chi connectivity index (χ0n) is 17.7. The van der Waals surface area contributed by atoms with Crippen LogP contribution in [0.1, 0.15) is 30.1 Å². The number of anilines is 1. The van der Waals surface area contributed by atoms with Crippen molar-refractivity contribution in [2.45, 2.75) is 32.0 Å². The summed E-state index contributed by atoms with van der Waals surface area (Å²) in [6.07, 6.45) is 1.20. The summed E-state index contributed by atoms with van der Waals surface area (Å²) in [4.78, 5) is 23.2. The number of aryl methyl sites for hydroxylation is 1. The van der Waals surface area contributed by atoms with Gasteiger partial charge in [-0.15, -0.1) is 0 Å². The number of nitrogens with one attached hydrogen (secondary N) is 1. The highest BCUT2D eigenvalue weighted by atomic mass is 16.6. The van der Waals surface area contributed by atoms with E-state index in [0.29, 0.717) is 24.1 Å². The largest absolute Gasteiger partial charge is 0.504 e. The summed E-state index contributed by atoms with van der Waals surface area (Å²) in [5.74, 6) is -0.863. The van der Waals surface area contributed by atoms with Crippen LogP contribution in [0.5, 0.6) is 11.5 Å². The molecule has 0 spiro atoms. The number of benzene rings is 2. The third-order valence-corrected chi connectivity index (χ3v) is 4.58. The molecule has 0 radical (unpaired) electrons. The predicted molar refractivity (Wildman–Crippen MR) is 115 cm³/mol. The van der Waals surface area contributed by atoms with E-state index >= 15 is 0 Å². The Morgan fingerprint density at radius 1 is 1.13 bits per heavy atom. The number of carbonyl (C=O) groups excluding carboxylic acids is 1. The number of allylic oxidation sites excluding steroid dienone is 1. The standard InChI is InChI=1S/C23H27NO7/c1-15-8-11-17(12-9-15)24-23(28)31-22(16-10-13-19(29-2)18(25)14-16)20(30-3)6-4-5-7-21(26)27/h5,7-14,20,22,25H,4,6H2,1-3H3,(H,24,28)(H,26,27)/b7-5+/t20-,22-/m0/s1. The molecular formula is C23H27NO7. The van der Waals surface area contributed by atoms with Gasteiger partial charge in [-0.05, 0) is 49.6 Å². The normalized spacial score (nSPS) is 12.9. The van der Waals surface area contributed by atoms with Crippen molar-refractivity contribution in [3.05, 3.63) is 65.7 Å². The van der Waals surface area contributed by atoms with E-state index in [4.69, 9.17) is 19.3 Å². The van der Waals surface area contributed by atoms with Gasteiger partial charge in [-0.1, -0.05) is 29.8 Å². The molecule has 0 aliphatic rings. The second-order valence-corrected chi connectivity index (χ2v) is 6.84. The smallest absolute Gasteiger partial charge is 0.412 e. The number of phenolic OH excluding ortho intramolecular Hbond substituents is 1. The maximum Gasteiger partial charge on any atom is 0.412 e. The molecule has 1 amide bonds. The number of aliphatic carboxylic acids is 1. The van der Waals surface area contributed by atoms with Crippen LogP contribution in [-0.4, -0.2) is 42.6 Å². The zero-order valence-corrected chi connectivity index (χ0v) is 17.7. The minimum Gasteiger partial charge on any atom is -0.504 e. The van der Waals surface area contributed by atoms with Crippen LogP contribution in [0.25, 0.3) is 0 Å². The van der Waals surface area contributed by atoms with Crippen LogP contribution in [-0.2, 0) is 14.3 Å². The lowest BCUT2D eigenvalue weighted by atomic mass is 9.99. The van der Waals surface area contributed by atoms with E-state index in [1.54, 1.807) is 24.3 Å². The number of methoxy groups -OCH3 is 2. The first-order valence-corrected chi connectivity index (χ1v) is 9.67. The van der Waals surface area contributed by atoms with E-state index in [2.05, 4.69) is 5.32 Å². The number of hydrogen-bond acceptors (Lipinski definition) is 6. The lowest BCUT2D eigenvalue weighted by molar-refractivity contribution is -0.131. The Hall–Kier alpha value is -3.52. The van der Waals surface area contributed by atoms with Gasteiger partial charge < -0.3 is 24.4 Å². The molecule has 2 aromatic carbocycles. The molecule has 0 saturated heterocycles. The number of carboxylic acid groups (broad SMARTS) is 1. The Bertz CT molecular complexity index is 909. The van der Waals surface area contributed by atoms with E-state index in [-0.39, 0.29) is 11.5 Å². The number of carboxylic acids is 1. The Kier molecular flexibility index (Phi) is 8.90. The van der Waals surface area contributed by atoms with E-state index in [1.165, 1.54) is 26.4 Å². The van der Waals surface area contributed by atoms with Crippen LogP contribution in [0.3, 0.4) is 0 Å². The Morgan fingerprint density at radius 3 is 2.42 bits per heavy atom. The first-order valence-electron chi connectivity index (χ1n) is 9.67. The molecule has 0 fully saturated rings. The molecule has 3 N–H and O–H groups in total. The Labute approximate surface area is 181 Å². The van der Waals surface area contributed by atoms with Crippen molar-refractivity contribution in [1.82, 2.24) is 0 Å². The summed E-state index contributed by atoms with van der Waals surface area (Å²) >= 11 is 0. The molecule has 2 rings (SSSR count). The molecule has 166 valence electrons. The van der Waals surface area contributed by atoms with Crippen molar-refractivity contribution in [2.24, 2.45) is 0 Å². The van der Waals surface area contributed by atoms with Crippen molar-refractivity contribution in [3.8, 4) is 11.5 Å². The van der Waals surface area contributed by atoms with Gasteiger partial charge in [-0.3, -0.25) is 5.32 Å². The molecule has 0 saturated carbocycles. The highest BCUT2D eigenvalue weighted by molar-refractivity contribution is 5.84. The number of ether oxygens (including phenoxy) is 3. The van der Waals surface area contributed by atoms with Crippen molar-refractivity contribution < 1.29 is 34.0 Å². The predicted octanol–water partition coefficient (Wildman–Crippen LogP) is 4.44. The van der Waals surface area contributed by atoms with E-state index in [0.717, 1.165) is 11.6 Å².